The van der Waals surface area contributed by atoms with Crippen LogP contribution in [0.3, 0.4) is 0 Å². The second-order valence-electron chi connectivity index (χ2n) is 7.25. The van der Waals surface area contributed by atoms with Gasteiger partial charge < -0.3 is 5.11 Å². The molecule has 23 heavy (non-hydrogen) atoms. The van der Waals surface area contributed by atoms with E-state index in [0.717, 1.165) is 31.3 Å². The molecule has 0 heterocycles. The van der Waals surface area contributed by atoms with Crippen LogP contribution in [0, 0.1) is 11.3 Å². The summed E-state index contributed by atoms with van der Waals surface area (Å²) in [5, 5.41) is 9.52. The quantitative estimate of drug-likeness (QED) is 0.412. The normalized spacial score (nSPS) is 26.9. The van der Waals surface area contributed by atoms with E-state index >= 15 is 0 Å². The van der Waals surface area contributed by atoms with Gasteiger partial charge in [-0.2, -0.15) is 0 Å². The summed E-state index contributed by atoms with van der Waals surface area (Å²) in [4.78, 5) is 12.1. The Labute approximate surface area is 155 Å². The molecule has 0 radical (unpaired) electrons. The fourth-order valence-electron chi connectivity index (χ4n) is 3.35. The number of hydrogen-bond donors (Lipinski definition) is 1. The summed E-state index contributed by atoms with van der Waals surface area (Å²) in [6.45, 7) is 10.7. The fraction of sp³-hybridized carbons (Fsp3) is 0.650. The number of rotatable bonds is 7. The molecule has 2 nitrogen and oxygen atoms in total. The van der Waals surface area contributed by atoms with Gasteiger partial charge in [0.25, 0.3) is 0 Å². The molecule has 0 aliphatic heterocycles. The monoisotopic (exact) mass is 430 g/mol. The second kappa shape index (κ2) is 9.16. The zero-order valence-corrected chi connectivity index (χ0v) is 17.4. The van der Waals surface area contributed by atoms with Crippen LogP contribution in [0.5, 0.6) is 0 Å². The number of halogens is 1. The van der Waals surface area contributed by atoms with E-state index in [9.17, 15) is 9.90 Å². The highest BCUT2D eigenvalue weighted by Crippen LogP contribution is 2.47. The Morgan fingerprint density at radius 3 is 2.57 bits per heavy atom. The van der Waals surface area contributed by atoms with E-state index in [1.54, 1.807) is 0 Å². The van der Waals surface area contributed by atoms with Gasteiger partial charge in [-0.05, 0) is 61.9 Å². The molecule has 0 fully saturated rings. The van der Waals surface area contributed by atoms with Crippen molar-refractivity contribution in [2.24, 2.45) is 11.3 Å². The standard InChI is InChI=1S/C20H31IO2/c1-14(7-6-8-15(2)12-21)9-10-20(5)16(3)11-19(23)18(13-22)17(20)4/h7,12,16,22H,6,8-11,13H2,1-5H3/b14-7+,15-12+/t16-,20-/m1/s1. The number of aliphatic hydroxyl groups excluding tert-OH is 1. The summed E-state index contributed by atoms with van der Waals surface area (Å²) in [6.07, 6.45) is 7.22. The Morgan fingerprint density at radius 1 is 1.35 bits per heavy atom. The zero-order chi connectivity index (χ0) is 17.6. The molecule has 1 aliphatic rings. The lowest BCUT2D eigenvalue weighted by atomic mass is 9.62. The number of hydrogen-bond acceptors (Lipinski definition) is 2. The molecular weight excluding hydrogens is 399 g/mol. The SMILES string of the molecule is CC1=C(CO)C(=O)C[C@@H](C)[C@@]1(C)CC/C(C)=C/CC/C(C)=C/I. The number of carbonyl (C=O) groups excluding carboxylic acids is 1. The molecule has 0 saturated heterocycles. The summed E-state index contributed by atoms with van der Waals surface area (Å²) >= 11 is 2.29. The highest BCUT2D eigenvalue weighted by atomic mass is 127. The van der Waals surface area contributed by atoms with E-state index in [-0.39, 0.29) is 17.8 Å². The van der Waals surface area contributed by atoms with Crippen molar-refractivity contribution in [3.63, 3.8) is 0 Å². The van der Waals surface area contributed by atoms with Crippen LogP contribution in [0.1, 0.15) is 66.7 Å². The molecule has 1 rings (SSSR count). The summed E-state index contributed by atoms with van der Waals surface area (Å²) in [5.74, 6) is 0.464. The first-order valence-electron chi connectivity index (χ1n) is 8.52. The maximum Gasteiger partial charge on any atom is 0.161 e. The van der Waals surface area contributed by atoms with Crippen molar-refractivity contribution < 1.29 is 9.90 Å². The van der Waals surface area contributed by atoms with Crippen molar-refractivity contribution in [2.75, 3.05) is 6.61 Å². The third-order valence-corrected chi connectivity index (χ3v) is 6.70. The Kier molecular flexibility index (Phi) is 8.22. The van der Waals surface area contributed by atoms with Gasteiger partial charge in [0, 0.05) is 12.0 Å². The van der Waals surface area contributed by atoms with Gasteiger partial charge in [-0.1, -0.05) is 59.2 Å². The van der Waals surface area contributed by atoms with Gasteiger partial charge in [-0.3, -0.25) is 4.79 Å². The van der Waals surface area contributed by atoms with Crippen molar-refractivity contribution in [3.05, 3.63) is 32.5 Å². The summed E-state index contributed by atoms with van der Waals surface area (Å²) in [5.41, 5.74) is 4.61. The van der Waals surface area contributed by atoms with E-state index < -0.39 is 0 Å². The van der Waals surface area contributed by atoms with Crippen LogP contribution in [0.25, 0.3) is 0 Å². The molecule has 2 atom stereocenters. The summed E-state index contributed by atoms with van der Waals surface area (Å²) < 4.78 is 2.15. The van der Waals surface area contributed by atoms with Gasteiger partial charge in [0.05, 0.1) is 6.61 Å². The first-order valence-corrected chi connectivity index (χ1v) is 9.76. The van der Waals surface area contributed by atoms with Crippen LogP contribution in [0.2, 0.25) is 0 Å². The number of ketones is 1. The van der Waals surface area contributed by atoms with Crippen LogP contribution in [0.15, 0.2) is 32.5 Å². The molecule has 0 amide bonds. The molecular formula is C20H31IO2. The maximum absolute atomic E-state index is 12.1. The molecule has 130 valence electrons. The van der Waals surface area contributed by atoms with Crippen LogP contribution in [-0.2, 0) is 4.79 Å². The lowest BCUT2D eigenvalue weighted by molar-refractivity contribution is -0.118. The van der Waals surface area contributed by atoms with Gasteiger partial charge in [-0.15, -0.1) is 0 Å². The smallest absolute Gasteiger partial charge is 0.161 e. The van der Waals surface area contributed by atoms with Crippen molar-refractivity contribution >= 4 is 28.4 Å². The zero-order valence-electron chi connectivity index (χ0n) is 15.2. The first kappa shape index (κ1) is 20.6. The van der Waals surface area contributed by atoms with E-state index in [1.807, 2.05) is 6.92 Å². The Balaban J connectivity index is 2.76. The third kappa shape index (κ3) is 5.28. The highest BCUT2D eigenvalue weighted by molar-refractivity contribution is 14.1. The third-order valence-electron chi connectivity index (χ3n) is 5.64. The largest absolute Gasteiger partial charge is 0.392 e. The Morgan fingerprint density at radius 2 is 2.00 bits per heavy atom. The van der Waals surface area contributed by atoms with Gasteiger partial charge in [0.1, 0.15) is 0 Å². The van der Waals surface area contributed by atoms with E-state index in [1.165, 1.54) is 11.1 Å². The average molecular weight is 430 g/mol. The van der Waals surface area contributed by atoms with Gasteiger partial charge in [0.15, 0.2) is 5.78 Å². The molecule has 0 unspecified atom stereocenters. The maximum atomic E-state index is 12.1. The fourth-order valence-corrected chi connectivity index (χ4v) is 3.66. The van der Waals surface area contributed by atoms with Gasteiger partial charge in [-0.25, -0.2) is 0 Å². The molecule has 0 spiro atoms. The molecule has 1 N–H and O–H groups in total. The van der Waals surface area contributed by atoms with Crippen molar-refractivity contribution in [1.29, 1.82) is 0 Å². The number of carbonyl (C=O) groups is 1. The summed E-state index contributed by atoms with van der Waals surface area (Å²) in [7, 11) is 0. The average Bonchev–Trinajstić information content (AvgIpc) is 2.51. The molecule has 1 aliphatic carbocycles. The predicted octanol–water partition coefficient (Wildman–Crippen LogP) is 5.76. The molecule has 0 bridgehead atoms. The van der Waals surface area contributed by atoms with Crippen LogP contribution in [-0.4, -0.2) is 17.5 Å². The number of Topliss-reactive ketones (excluding diaryl/α,β-unsaturated/α-hetero) is 1. The van der Waals surface area contributed by atoms with E-state index in [0.29, 0.717) is 17.9 Å². The van der Waals surface area contributed by atoms with E-state index in [4.69, 9.17) is 0 Å². The highest BCUT2D eigenvalue weighted by Gasteiger charge is 2.40. The molecule has 0 aromatic carbocycles. The lowest BCUT2D eigenvalue weighted by Crippen LogP contribution is -2.36. The second-order valence-corrected chi connectivity index (χ2v) is 7.87. The van der Waals surface area contributed by atoms with Crippen LogP contribution < -0.4 is 0 Å². The first-order chi connectivity index (χ1) is 10.8. The minimum atomic E-state index is -0.121. The number of aliphatic hydroxyl groups is 1. The topological polar surface area (TPSA) is 37.3 Å². The lowest BCUT2D eigenvalue weighted by Gasteiger charge is -2.41. The predicted molar refractivity (Wildman–Crippen MR) is 107 cm³/mol. The van der Waals surface area contributed by atoms with Gasteiger partial charge >= 0.3 is 0 Å². The molecule has 3 heteroatoms. The number of allylic oxidation sites excluding steroid dienone is 4. The van der Waals surface area contributed by atoms with Crippen LogP contribution >= 0.6 is 22.6 Å². The van der Waals surface area contributed by atoms with Crippen LogP contribution in [0.4, 0.5) is 0 Å². The minimum absolute atomic E-state index is 0.0130. The molecule has 0 saturated carbocycles. The van der Waals surface area contributed by atoms with Crippen molar-refractivity contribution in [2.45, 2.75) is 66.7 Å². The Hall–Kier alpha value is -0.420. The van der Waals surface area contributed by atoms with Gasteiger partial charge in [0.2, 0.25) is 0 Å². The van der Waals surface area contributed by atoms with E-state index in [2.05, 4.69) is 60.4 Å². The molecule has 0 aromatic heterocycles. The molecule has 0 aromatic rings. The Bertz CT molecular complexity index is 528. The van der Waals surface area contributed by atoms with Crippen molar-refractivity contribution in [3.8, 4) is 0 Å². The minimum Gasteiger partial charge on any atom is -0.392 e. The summed E-state index contributed by atoms with van der Waals surface area (Å²) in [6, 6.07) is 0. The van der Waals surface area contributed by atoms with Crippen molar-refractivity contribution in [1.82, 2.24) is 0 Å².